The minimum atomic E-state index is 0.00694. The predicted octanol–water partition coefficient (Wildman–Crippen LogP) is 2.26. The standard InChI is InChI=1S/C12H18N2OS/c1-2-3-4-10-5-6-11(14-9-10)12(15)16-8-7-13/h5-6,9H,2-4,7-8,13H2,1H3. The fourth-order valence-corrected chi connectivity index (χ4v) is 1.87. The van der Waals surface area contributed by atoms with Crippen LogP contribution in [0.2, 0.25) is 0 Å². The molecule has 1 aromatic rings. The molecule has 0 bridgehead atoms. The number of aryl methyl sites for hydroxylation is 1. The van der Waals surface area contributed by atoms with Gasteiger partial charge in [0.15, 0.2) is 0 Å². The zero-order chi connectivity index (χ0) is 11.8. The molecule has 0 radical (unpaired) electrons. The Hall–Kier alpha value is -0.870. The van der Waals surface area contributed by atoms with Crippen molar-refractivity contribution in [1.82, 2.24) is 4.98 Å². The van der Waals surface area contributed by atoms with E-state index in [1.165, 1.54) is 23.7 Å². The van der Waals surface area contributed by atoms with Crippen molar-refractivity contribution in [2.75, 3.05) is 12.3 Å². The normalized spacial score (nSPS) is 10.4. The maximum Gasteiger partial charge on any atom is 0.237 e. The van der Waals surface area contributed by atoms with Gasteiger partial charge in [0, 0.05) is 18.5 Å². The van der Waals surface area contributed by atoms with E-state index in [0.717, 1.165) is 12.8 Å². The van der Waals surface area contributed by atoms with Crippen LogP contribution >= 0.6 is 11.8 Å². The van der Waals surface area contributed by atoms with Gasteiger partial charge in [0.05, 0.1) is 0 Å². The first-order valence-electron chi connectivity index (χ1n) is 5.60. The molecule has 3 nitrogen and oxygen atoms in total. The molecular formula is C12H18N2OS. The second-order valence-electron chi connectivity index (χ2n) is 3.58. The van der Waals surface area contributed by atoms with Crippen molar-refractivity contribution < 1.29 is 4.79 Å². The molecule has 0 unspecified atom stereocenters. The summed E-state index contributed by atoms with van der Waals surface area (Å²) < 4.78 is 0. The van der Waals surface area contributed by atoms with Crippen LogP contribution in [0.5, 0.6) is 0 Å². The minimum absolute atomic E-state index is 0.00694. The van der Waals surface area contributed by atoms with Gasteiger partial charge in [-0.15, -0.1) is 0 Å². The Morgan fingerprint density at radius 1 is 1.50 bits per heavy atom. The van der Waals surface area contributed by atoms with Crippen molar-refractivity contribution in [1.29, 1.82) is 0 Å². The third-order valence-corrected chi connectivity index (χ3v) is 3.12. The number of pyridine rings is 1. The number of thioether (sulfide) groups is 1. The van der Waals surface area contributed by atoms with Crippen LogP contribution in [0.25, 0.3) is 0 Å². The van der Waals surface area contributed by atoms with E-state index in [1.54, 1.807) is 12.3 Å². The van der Waals surface area contributed by atoms with Gasteiger partial charge in [0.1, 0.15) is 5.69 Å². The maximum absolute atomic E-state index is 11.6. The van der Waals surface area contributed by atoms with Crippen molar-refractivity contribution >= 4 is 16.9 Å². The number of aromatic nitrogens is 1. The third kappa shape index (κ3) is 4.33. The zero-order valence-electron chi connectivity index (χ0n) is 9.61. The van der Waals surface area contributed by atoms with Gasteiger partial charge in [-0.2, -0.15) is 0 Å². The molecule has 0 atom stereocenters. The van der Waals surface area contributed by atoms with Crippen molar-refractivity contribution in [2.45, 2.75) is 26.2 Å². The molecule has 0 fully saturated rings. The van der Waals surface area contributed by atoms with E-state index in [1.807, 2.05) is 6.07 Å². The summed E-state index contributed by atoms with van der Waals surface area (Å²) in [6.45, 7) is 2.68. The third-order valence-electron chi connectivity index (χ3n) is 2.20. The van der Waals surface area contributed by atoms with E-state index in [0.29, 0.717) is 18.0 Å². The lowest BCUT2D eigenvalue weighted by molar-refractivity contribution is 0.108. The topological polar surface area (TPSA) is 56.0 Å². The summed E-state index contributed by atoms with van der Waals surface area (Å²) in [5.41, 5.74) is 7.06. The van der Waals surface area contributed by atoms with E-state index in [2.05, 4.69) is 11.9 Å². The van der Waals surface area contributed by atoms with Crippen LogP contribution in [0.4, 0.5) is 0 Å². The fraction of sp³-hybridized carbons (Fsp3) is 0.500. The van der Waals surface area contributed by atoms with Gasteiger partial charge in [0.2, 0.25) is 5.12 Å². The fourth-order valence-electron chi connectivity index (χ4n) is 1.30. The van der Waals surface area contributed by atoms with E-state index in [4.69, 9.17) is 5.73 Å². The Bertz CT molecular complexity index is 324. The van der Waals surface area contributed by atoms with Crippen LogP contribution < -0.4 is 5.73 Å². The number of nitrogens with two attached hydrogens (primary N) is 1. The molecular weight excluding hydrogens is 220 g/mol. The molecule has 0 aliphatic rings. The van der Waals surface area contributed by atoms with Crippen LogP contribution in [0.15, 0.2) is 18.3 Å². The van der Waals surface area contributed by atoms with Crippen LogP contribution in [0.1, 0.15) is 35.8 Å². The Labute approximate surface area is 101 Å². The van der Waals surface area contributed by atoms with Gasteiger partial charge < -0.3 is 5.73 Å². The summed E-state index contributed by atoms with van der Waals surface area (Å²) >= 11 is 1.23. The van der Waals surface area contributed by atoms with Gasteiger partial charge in [-0.3, -0.25) is 9.78 Å². The molecule has 0 aliphatic heterocycles. The van der Waals surface area contributed by atoms with Gasteiger partial charge in [-0.05, 0) is 24.5 Å². The molecule has 0 saturated heterocycles. The lowest BCUT2D eigenvalue weighted by Crippen LogP contribution is -2.06. The zero-order valence-corrected chi connectivity index (χ0v) is 10.4. The highest BCUT2D eigenvalue weighted by Gasteiger charge is 2.06. The first-order valence-corrected chi connectivity index (χ1v) is 6.58. The number of unbranched alkanes of at least 4 members (excludes halogenated alkanes) is 1. The molecule has 0 spiro atoms. The van der Waals surface area contributed by atoms with Crippen molar-refractivity contribution in [2.24, 2.45) is 5.73 Å². The first kappa shape index (κ1) is 13.2. The summed E-state index contributed by atoms with van der Waals surface area (Å²) in [4.78, 5) is 15.7. The highest BCUT2D eigenvalue weighted by atomic mass is 32.2. The summed E-state index contributed by atoms with van der Waals surface area (Å²) in [6, 6.07) is 3.79. The summed E-state index contributed by atoms with van der Waals surface area (Å²) in [5, 5.41) is 0.00694. The highest BCUT2D eigenvalue weighted by Crippen LogP contribution is 2.11. The Balaban J connectivity index is 2.53. The second kappa shape index (κ2) is 7.41. The van der Waals surface area contributed by atoms with E-state index in [9.17, 15) is 4.79 Å². The molecule has 2 N–H and O–H groups in total. The number of hydrogen-bond acceptors (Lipinski definition) is 4. The Morgan fingerprint density at radius 3 is 2.88 bits per heavy atom. The van der Waals surface area contributed by atoms with Crippen LogP contribution in [-0.4, -0.2) is 22.4 Å². The monoisotopic (exact) mass is 238 g/mol. The number of nitrogens with zero attached hydrogens (tertiary/aromatic N) is 1. The van der Waals surface area contributed by atoms with Gasteiger partial charge in [0.25, 0.3) is 0 Å². The van der Waals surface area contributed by atoms with Crippen LogP contribution in [-0.2, 0) is 6.42 Å². The summed E-state index contributed by atoms with van der Waals surface area (Å²) in [6.07, 6.45) is 5.17. The average molecular weight is 238 g/mol. The second-order valence-corrected chi connectivity index (χ2v) is 4.65. The molecule has 1 aromatic heterocycles. The number of carbonyl (C=O) groups excluding carboxylic acids is 1. The van der Waals surface area contributed by atoms with Crippen LogP contribution in [0.3, 0.4) is 0 Å². The van der Waals surface area contributed by atoms with Crippen molar-refractivity contribution in [3.63, 3.8) is 0 Å². The van der Waals surface area contributed by atoms with Crippen molar-refractivity contribution in [3.05, 3.63) is 29.6 Å². The van der Waals surface area contributed by atoms with Crippen molar-refractivity contribution in [3.8, 4) is 0 Å². The van der Waals surface area contributed by atoms with E-state index >= 15 is 0 Å². The smallest absolute Gasteiger partial charge is 0.237 e. The molecule has 0 saturated carbocycles. The molecule has 0 aromatic carbocycles. The number of rotatable bonds is 6. The highest BCUT2D eigenvalue weighted by molar-refractivity contribution is 8.14. The molecule has 1 rings (SSSR count). The van der Waals surface area contributed by atoms with Gasteiger partial charge >= 0.3 is 0 Å². The lowest BCUT2D eigenvalue weighted by atomic mass is 10.1. The summed E-state index contributed by atoms with van der Waals surface area (Å²) in [7, 11) is 0. The number of hydrogen-bond donors (Lipinski definition) is 1. The Kier molecular flexibility index (Phi) is 6.11. The molecule has 0 amide bonds. The maximum atomic E-state index is 11.6. The molecule has 88 valence electrons. The lowest BCUT2D eigenvalue weighted by Gasteiger charge is -2.01. The SMILES string of the molecule is CCCCc1ccc(C(=O)SCCN)nc1. The van der Waals surface area contributed by atoms with Gasteiger partial charge in [-0.1, -0.05) is 31.2 Å². The first-order chi connectivity index (χ1) is 7.77. The molecule has 1 heterocycles. The average Bonchev–Trinajstić information content (AvgIpc) is 2.34. The molecule has 4 heteroatoms. The molecule has 16 heavy (non-hydrogen) atoms. The minimum Gasteiger partial charge on any atom is -0.330 e. The molecule has 0 aliphatic carbocycles. The largest absolute Gasteiger partial charge is 0.330 e. The van der Waals surface area contributed by atoms with Crippen LogP contribution in [0, 0.1) is 0 Å². The summed E-state index contributed by atoms with van der Waals surface area (Å²) in [5.74, 6) is 0.651. The predicted molar refractivity (Wildman–Crippen MR) is 68.7 cm³/mol. The van der Waals surface area contributed by atoms with E-state index < -0.39 is 0 Å². The quantitative estimate of drug-likeness (QED) is 0.826. The number of carbonyl (C=O) groups is 1. The van der Waals surface area contributed by atoms with Gasteiger partial charge in [-0.25, -0.2) is 0 Å². The Morgan fingerprint density at radius 2 is 2.31 bits per heavy atom. The van der Waals surface area contributed by atoms with E-state index in [-0.39, 0.29) is 5.12 Å².